The van der Waals surface area contributed by atoms with E-state index in [4.69, 9.17) is 14.2 Å². The molecule has 2 heterocycles. The quantitative estimate of drug-likeness (QED) is 0.634. The van der Waals surface area contributed by atoms with Gasteiger partial charge in [0.05, 0.1) is 25.8 Å². The molecule has 0 bridgehead atoms. The first-order valence-electron chi connectivity index (χ1n) is 6.15. The van der Waals surface area contributed by atoms with E-state index < -0.39 is 0 Å². The zero-order valence-electron chi connectivity index (χ0n) is 11.5. The average Bonchev–Trinajstić information content (AvgIpc) is 2.89. The molecule has 0 spiro atoms. The van der Waals surface area contributed by atoms with Crippen LogP contribution in [0.2, 0.25) is 0 Å². The normalized spacial score (nSPS) is 12.8. The third kappa shape index (κ3) is 2.64. The lowest BCUT2D eigenvalue weighted by atomic mass is 10.1. The number of ether oxygens (including phenoxy) is 3. The highest BCUT2D eigenvalue weighted by Crippen LogP contribution is 2.34. The number of carbonyl (C=O) groups excluding carboxylic acids is 1. The molecular formula is C14H12N2O4S. The molecule has 1 aliphatic rings. The van der Waals surface area contributed by atoms with Gasteiger partial charge in [-0.25, -0.2) is 4.79 Å². The van der Waals surface area contributed by atoms with E-state index in [0.717, 1.165) is 10.5 Å². The Morgan fingerprint density at radius 2 is 1.90 bits per heavy atom. The van der Waals surface area contributed by atoms with E-state index >= 15 is 0 Å². The van der Waals surface area contributed by atoms with Gasteiger partial charge in [0.1, 0.15) is 6.61 Å². The summed E-state index contributed by atoms with van der Waals surface area (Å²) in [5.41, 5.74) is 1.45. The van der Waals surface area contributed by atoms with Crippen LogP contribution in [-0.2, 0) is 11.3 Å². The van der Waals surface area contributed by atoms with Gasteiger partial charge in [-0.15, -0.1) is 0 Å². The molecule has 108 valence electrons. The Bertz CT molecular complexity index is 683. The van der Waals surface area contributed by atoms with Crippen molar-refractivity contribution in [2.24, 2.45) is 0 Å². The first-order valence-corrected chi connectivity index (χ1v) is 6.97. The number of fused-ring (bicyclic) bond motifs is 1. The van der Waals surface area contributed by atoms with Crippen LogP contribution in [0.3, 0.4) is 0 Å². The highest BCUT2D eigenvalue weighted by Gasteiger charge is 2.25. The number of methoxy groups -OCH3 is 2. The standard InChI is InChI=1S/C14H12N2O4S/c1-18-10-6-11(19-2)16-14(15-10)21-9-5-3-4-8-7-20-13(17)12(8)9/h3-6H,7H2,1-2H3. The minimum Gasteiger partial charge on any atom is -0.481 e. The third-order valence-corrected chi connectivity index (χ3v) is 3.88. The zero-order valence-corrected chi connectivity index (χ0v) is 12.3. The Morgan fingerprint density at radius 3 is 2.57 bits per heavy atom. The second-order valence-corrected chi connectivity index (χ2v) is 5.21. The van der Waals surface area contributed by atoms with Gasteiger partial charge in [-0.2, -0.15) is 9.97 Å². The summed E-state index contributed by atoms with van der Waals surface area (Å²) in [5.74, 6) is 0.488. The number of carbonyl (C=O) groups is 1. The van der Waals surface area contributed by atoms with Crippen molar-refractivity contribution in [3.05, 3.63) is 35.4 Å². The molecule has 1 aliphatic heterocycles. The number of esters is 1. The number of nitrogens with zero attached hydrogens (tertiary/aromatic N) is 2. The minimum atomic E-state index is -0.317. The molecule has 7 heteroatoms. The first kappa shape index (κ1) is 13.7. The van der Waals surface area contributed by atoms with E-state index in [1.54, 1.807) is 6.07 Å². The predicted octanol–water partition coefficient (Wildman–Crippen LogP) is 2.32. The second kappa shape index (κ2) is 5.61. The van der Waals surface area contributed by atoms with Crippen LogP contribution in [0.1, 0.15) is 15.9 Å². The topological polar surface area (TPSA) is 70.5 Å². The summed E-state index contributed by atoms with van der Waals surface area (Å²) in [6.07, 6.45) is 0. The van der Waals surface area contributed by atoms with Crippen molar-refractivity contribution in [2.75, 3.05) is 14.2 Å². The van der Waals surface area contributed by atoms with Crippen LogP contribution in [0, 0.1) is 0 Å². The minimum absolute atomic E-state index is 0.310. The summed E-state index contributed by atoms with van der Waals surface area (Å²) in [7, 11) is 3.04. The van der Waals surface area contributed by atoms with Gasteiger partial charge in [-0.3, -0.25) is 0 Å². The number of cyclic esters (lactones) is 1. The van der Waals surface area contributed by atoms with Crippen molar-refractivity contribution in [1.82, 2.24) is 9.97 Å². The molecule has 2 aromatic rings. The maximum absolute atomic E-state index is 11.8. The predicted molar refractivity (Wildman–Crippen MR) is 74.8 cm³/mol. The third-order valence-electron chi connectivity index (χ3n) is 2.95. The SMILES string of the molecule is COc1cc(OC)nc(Sc2cccc3c2C(=O)OC3)n1. The van der Waals surface area contributed by atoms with Crippen molar-refractivity contribution < 1.29 is 19.0 Å². The van der Waals surface area contributed by atoms with Crippen molar-refractivity contribution in [3.63, 3.8) is 0 Å². The number of hydrogen-bond donors (Lipinski definition) is 0. The lowest BCUT2D eigenvalue weighted by Crippen LogP contribution is -1.99. The number of hydrogen-bond acceptors (Lipinski definition) is 7. The molecule has 0 aliphatic carbocycles. The molecule has 0 saturated heterocycles. The molecule has 3 rings (SSSR count). The fraction of sp³-hybridized carbons (Fsp3) is 0.214. The van der Waals surface area contributed by atoms with Crippen molar-refractivity contribution >= 4 is 17.7 Å². The maximum atomic E-state index is 11.8. The van der Waals surface area contributed by atoms with Crippen LogP contribution in [0.5, 0.6) is 11.8 Å². The molecule has 21 heavy (non-hydrogen) atoms. The Kier molecular flexibility index (Phi) is 3.66. The van der Waals surface area contributed by atoms with Gasteiger partial charge in [-0.1, -0.05) is 12.1 Å². The smallest absolute Gasteiger partial charge is 0.340 e. The van der Waals surface area contributed by atoms with Gasteiger partial charge >= 0.3 is 5.97 Å². The summed E-state index contributed by atoms with van der Waals surface area (Å²) in [5, 5.41) is 0.444. The average molecular weight is 304 g/mol. The van der Waals surface area contributed by atoms with E-state index in [9.17, 15) is 4.79 Å². The van der Waals surface area contributed by atoms with E-state index in [1.807, 2.05) is 18.2 Å². The van der Waals surface area contributed by atoms with Crippen LogP contribution >= 0.6 is 11.8 Å². The Labute approximate surface area is 125 Å². The first-order chi connectivity index (χ1) is 10.2. The summed E-state index contributed by atoms with van der Waals surface area (Å²) in [6.45, 7) is 0.310. The van der Waals surface area contributed by atoms with Crippen LogP contribution in [-0.4, -0.2) is 30.2 Å². The highest BCUT2D eigenvalue weighted by molar-refractivity contribution is 7.99. The molecule has 6 nitrogen and oxygen atoms in total. The molecule has 0 saturated carbocycles. The van der Waals surface area contributed by atoms with Crippen LogP contribution < -0.4 is 9.47 Å². The molecule has 1 aromatic carbocycles. The number of rotatable bonds is 4. The molecule has 1 aromatic heterocycles. The van der Waals surface area contributed by atoms with Gasteiger partial charge in [0.15, 0.2) is 5.16 Å². The van der Waals surface area contributed by atoms with Crippen molar-refractivity contribution in [3.8, 4) is 11.8 Å². The van der Waals surface area contributed by atoms with Crippen molar-refractivity contribution in [2.45, 2.75) is 16.7 Å². The largest absolute Gasteiger partial charge is 0.481 e. The van der Waals surface area contributed by atoms with Crippen LogP contribution in [0.15, 0.2) is 34.3 Å². The second-order valence-electron chi connectivity index (χ2n) is 4.20. The summed E-state index contributed by atoms with van der Waals surface area (Å²) >= 11 is 1.27. The van der Waals surface area contributed by atoms with E-state index in [2.05, 4.69) is 9.97 Å². The Morgan fingerprint density at radius 1 is 1.19 bits per heavy atom. The molecule has 0 unspecified atom stereocenters. The molecule has 0 amide bonds. The van der Waals surface area contributed by atoms with Gasteiger partial charge in [-0.05, 0) is 17.8 Å². The van der Waals surface area contributed by atoms with Crippen LogP contribution in [0.25, 0.3) is 0 Å². The van der Waals surface area contributed by atoms with Gasteiger partial charge in [0, 0.05) is 10.5 Å². The Balaban J connectivity index is 1.98. The highest BCUT2D eigenvalue weighted by atomic mass is 32.2. The molecule has 0 atom stereocenters. The lowest BCUT2D eigenvalue weighted by Gasteiger charge is -2.07. The lowest BCUT2D eigenvalue weighted by molar-refractivity contribution is 0.0532. The maximum Gasteiger partial charge on any atom is 0.340 e. The monoisotopic (exact) mass is 304 g/mol. The van der Waals surface area contributed by atoms with Gasteiger partial charge in [0.2, 0.25) is 11.8 Å². The number of benzene rings is 1. The van der Waals surface area contributed by atoms with E-state index in [1.165, 1.54) is 26.0 Å². The van der Waals surface area contributed by atoms with E-state index in [0.29, 0.717) is 29.1 Å². The van der Waals surface area contributed by atoms with Gasteiger partial charge < -0.3 is 14.2 Å². The fourth-order valence-electron chi connectivity index (χ4n) is 1.97. The number of aromatic nitrogens is 2. The Hall–Kier alpha value is -2.28. The molecule has 0 N–H and O–H groups in total. The summed E-state index contributed by atoms with van der Waals surface area (Å²) in [4.78, 5) is 21.0. The summed E-state index contributed by atoms with van der Waals surface area (Å²) < 4.78 is 15.3. The molecular weight excluding hydrogens is 292 g/mol. The zero-order chi connectivity index (χ0) is 14.8. The van der Waals surface area contributed by atoms with E-state index in [-0.39, 0.29) is 5.97 Å². The van der Waals surface area contributed by atoms with Gasteiger partial charge in [0.25, 0.3) is 0 Å². The molecule has 0 radical (unpaired) electrons. The van der Waals surface area contributed by atoms with Crippen molar-refractivity contribution in [1.29, 1.82) is 0 Å². The summed E-state index contributed by atoms with van der Waals surface area (Å²) in [6, 6.07) is 7.18. The van der Waals surface area contributed by atoms with Crippen LogP contribution in [0.4, 0.5) is 0 Å². The molecule has 0 fully saturated rings. The fourth-order valence-corrected chi connectivity index (χ4v) is 2.90.